The Balaban J connectivity index is 2.24. The SMILES string of the molecule is COCC(C)CC(=O)N1CCCc2c(C(=O)O)cccc21. The van der Waals surface area contributed by atoms with Crippen LogP contribution in [0.4, 0.5) is 5.69 Å². The van der Waals surface area contributed by atoms with Crippen LogP contribution in [0.15, 0.2) is 18.2 Å². The number of hydrogen-bond donors (Lipinski definition) is 1. The molecule has 5 heteroatoms. The van der Waals surface area contributed by atoms with Crippen molar-refractivity contribution in [2.75, 3.05) is 25.2 Å². The number of benzene rings is 1. The van der Waals surface area contributed by atoms with E-state index in [0.717, 1.165) is 17.7 Å². The van der Waals surface area contributed by atoms with Crippen LogP contribution in [0.2, 0.25) is 0 Å². The highest BCUT2D eigenvalue weighted by atomic mass is 16.5. The molecule has 5 nitrogen and oxygen atoms in total. The van der Waals surface area contributed by atoms with Gasteiger partial charge < -0.3 is 14.7 Å². The number of hydrogen-bond acceptors (Lipinski definition) is 3. The minimum Gasteiger partial charge on any atom is -0.478 e. The maximum atomic E-state index is 12.5. The molecule has 0 aromatic heterocycles. The van der Waals surface area contributed by atoms with Gasteiger partial charge in [-0.15, -0.1) is 0 Å². The number of aromatic carboxylic acids is 1. The van der Waals surface area contributed by atoms with Crippen LogP contribution < -0.4 is 4.90 Å². The van der Waals surface area contributed by atoms with E-state index in [0.29, 0.717) is 31.6 Å². The van der Waals surface area contributed by atoms with Crippen molar-refractivity contribution in [2.24, 2.45) is 5.92 Å². The summed E-state index contributed by atoms with van der Waals surface area (Å²) in [6, 6.07) is 5.13. The van der Waals surface area contributed by atoms with Crippen LogP contribution in [0.5, 0.6) is 0 Å². The van der Waals surface area contributed by atoms with Gasteiger partial charge in [-0.1, -0.05) is 13.0 Å². The predicted octanol–water partition coefficient (Wildman–Crippen LogP) is 2.34. The van der Waals surface area contributed by atoms with Gasteiger partial charge in [0.15, 0.2) is 0 Å². The monoisotopic (exact) mass is 291 g/mol. The van der Waals surface area contributed by atoms with Crippen LogP contribution in [-0.2, 0) is 16.0 Å². The molecule has 1 amide bonds. The Bertz CT molecular complexity index is 541. The minimum absolute atomic E-state index is 0.0306. The number of ether oxygens (including phenoxy) is 1. The zero-order chi connectivity index (χ0) is 15.4. The van der Waals surface area contributed by atoms with Crippen molar-refractivity contribution in [1.82, 2.24) is 0 Å². The number of nitrogens with zero attached hydrogens (tertiary/aromatic N) is 1. The lowest BCUT2D eigenvalue weighted by Gasteiger charge is -2.31. The second kappa shape index (κ2) is 6.72. The van der Waals surface area contributed by atoms with E-state index in [1.807, 2.05) is 13.0 Å². The average Bonchev–Trinajstić information content (AvgIpc) is 2.45. The molecule has 0 fully saturated rings. The summed E-state index contributed by atoms with van der Waals surface area (Å²) in [6.07, 6.45) is 1.90. The Morgan fingerprint density at radius 2 is 2.19 bits per heavy atom. The number of carboxylic acids is 1. The van der Waals surface area contributed by atoms with Gasteiger partial charge in [-0.05, 0) is 36.5 Å². The molecule has 114 valence electrons. The van der Waals surface area contributed by atoms with E-state index in [4.69, 9.17) is 4.74 Å². The average molecular weight is 291 g/mol. The molecule has 0 radical (unpaired) electrons. The first-order chi connectivity index (χ1) is 10.0. The third-order valence-corrected chi connectivity index (χ3v) is 3.76. The Labute approximate surface area is 124 Å². The number of fused-ring (bicyclic) bond motifs is 1. The molecule has 1 aromatic carbocycles. The van der Waals surface area contributed by atoms with Gasteiger partial charge in [-0.25, -0.2) is 4.79 Å². The number of carboxylic acid groups (broad SMARTS) is 1. The van der Waals surface area contributed by atoms with Crippen LogP contribution in [0.1, 0.15) is 35.7 Å². The fraction of sp³-hybridized carbons (Fsp3) is 0.500. The molecule has 2 rings (SSSR count). The highest BCUT2D eigenvalue weighted by Gasteiger charge is 2.26. The number of carbonyl (C=O) groups excluding carboxylic acids is 1. The summed E-state index contributed by atoms with van der Waals surface area (Å²) in [5.74, 6) is -0.757. The van der Waals surface area contributed by atoms with Crippen LogP contribution in [0.3, 0.4) is 0 Å². The molecule has 1 N–H and O–H groups in total. The molecule has 0 saturated heterocycles. The normalized spacial score (nSPS) is 15.4. The Hall–Kier alpha value is -1.88. The van der Waals surface area contributed by atoms with Crippen molar-refractivity contribution < 1.29 is 19.4 Å². The fourth-order valence-electron chi connectivity index (χ4n) is 2.84. The molecule has 0 bridgehead atoms. The second-order valence-corrected chi connectivity index (χ2v) is 5.52. The van der Waals surface area contributed by atoms with E-state index in [9.17, 15) is 14.7 Å². The van der Waals surface area contributed by atoms with Gasteiger partial charge in [-0.2, -0.15) is 0 Å². The summed E-state index contributed by atoms with van der Waals surface area (Å²) >= 11 is 0. The summed E-state index contributed by atoms with van der Waals surface area (Å²) < 4.78 is 5.06. The zero-order valence-corrected chi connectivity index (χ0v) is 12.5. The number of anilines is 1. The molecular weight excluding hydrogens is 270 g/mol. The van der Waals surface area contributed by atoms with Crippen molar-refractivity contribution >= 4 is 17.6 Å². The van der Waals surface area contributed by atoms with Crippen molar-refractivity contribution in [2.45, 2.75) is 26.2 Å². The van der Waals surface area contributed by atoms with Gasteiger partial charge in [0.2, 0.25) is 5.91 Å². The van der Waals surface area contributed by atoms with Crippen LogP contribution in [-0.4, -0.2) is 37.2 Å². The summed E-state index contributed by atoms with van der Waals surface area (Å²) in [6.45, 7) is 3.16. The first kappa shape index (κ1) is 15.5. The molecular formula is C16H21NO4. The maximum absolute atomic E-state index is 12.5. The molecule has 1 aromatic rings. The fourth-order valence-corrected chi connectivity index (χ4v) is 2.84. The molecule has 1 unspecified atom stereocenters. The quantitative estimate of drug-likeness (QED) is 0.904. The van der Waals surface area contributed by atoms with E-state index in [-0.39, 0.29) is 11.8 Å². The number of methoxy groups -OCH3 is 1. The standard InChI is InChI=1S/C16H21NO4/c1-11(10-21-2)9-15(18)17-8-4-6-12-13(16(19)20)5-3-7-14(12)17/h3,5,7,11H,4,6,8-10H2,1-2H3,(H,19,20). The van der Waals surface area contributed by atoms with Crippen LogP contribution in [0, 0.1) is 5.92 Å². The Morgan fingerprint density at radius 1 is 1.43 bits per heavy atom. The van der Waals surface area contributed by atoms with Crippen LogP contribution in [0.25, 0.3) is 0 Å². The Morgan fingerprint density at radius 3 is 2.86 bits per heavy atom. The van der Waals surface area contributed by atoms with Gasteiger partial charge in [0, 0.05) is 32.4 Å². The molecule has 1 atom stereocenters. The number of rotatable bonds is 5. The van der Waals surface area contributed by atoms with Crippen molar-refractivity contribution in [3.8, 4) is 0 Å². The van der Waals surface area contributed by atoms with Crippen molar-refractivity contribution in [3.05, 3.63) is 29.3 Å². The molecule has 0 spiro atoms. The van der Waals surface area contributed by atoms with E-state index in [2.05, 4.69) is 0 Å². The highest BCUT2D eigenvalue weighted by molar-refractivity contribution is 5.98. The molecule has 0 saturated carbocycles. The van der Waals surface area contributed by atoms with Gasteiger partial charge in [0.05, 0.1) is 5.56 Å². The lowest BCUT2D eigenvalue weighted by molar-refractivity contribution is -0.119. The maximum Gasteiger partial charge on any atom is 0.336 e. The summed E-state index contributed by atoms with van der Waals surface area (Å²) in [5.41, 5.74) is 1.81. The Kier molecular flexibility index (Phi) is 4.96. The smallest absolute Gasteiger partial charge is 0.336 e. The van der Waals surface area contributed by atoms with Gasteiger partial charge >= 0.3 is 5.97 Å². The summed E-state index contributed by atoms with van der Waals surface area (Å²) in [7, 11) is 1.62. The van der Waals surface area contributed by atoms with Crippen LogP contribution >= 0.6 is 0 Å². The van der Waals surface area contributed by atoms with Crippen molar-refractivity contribution in [1.29, 1.82) is 0 Å². The molecule has 21 heavy (non-hydrogen) atoms. The van der Waals surface area contributed by atoms with Crippen molar-refractivity contribution in [3.63, 3.8) is 0 Å². The van der Waals surface area contributed by atoms with E-state index >= 15 is 0 Å². The first-order valence-electron chi connectivity index (χ1n) is 7.19. The van der Waals surface area contributed by atoms with E-state index in [1.165, 1.54) is 0 Å². The largest absolute Gasteiger partial charge is 0.478 e. The number of carbonyl (C=O) groups is 2. The molecule has 1 aliphatic heterocycles. The molecule has 1 heterocycles. The second-order valence-electron chi connectivity index (χ2n) is 5.52. The predicted molar refractivity (Wildman–Crippen MR) is 79.7 cm³/mol. The van der Waals surface area contributed by atoms with Gasteiger partial charge in [0.25, 0.3) is 0 Å². The van der Waals surface area contributed by atoms with Gasteiger partial charge in [0.1, 0.15) is 0 Å². The number of amides is 1. The highest BCUT2D eigenvalue weighted by Crippen LogP contribution is 2.30. The van der Waals surface area contributed by atoms with E-state index < -0.39 is 5.97 Å². The minimum atomic E-state index is -0.936. The topological polar surface area (TPSA) is 66.8 Å². The van der Waals surface area contributed by atoms with E-state index in [1.54, 1.807) is 24.1 Å². The summed E-state index contributed by atoms with van der Waals surface area (Å²) in [4.78, 5) is 25.5. The third kappa shape index (κ3) is 3.42. The van der Waals surface area contributed by atoms with Gasteiger partial charge in [-0.3, -0.25) is 4.79 Å². The molecule has 1 aliphatic rings. The third-order valence-electron chi connectivity index (χ3n) is 3.76. The summed E-state index contributed by atoms with van der Waals surface area (Å²) in [5, 5.41) is 9.26. The lowest BCUT2D eigenvalue weighted by atomic mass is 9.95. The molecule has 0 aliphatic carbocycles. The lowest BCUT2D eigenvalue weighted by Crippen LogP contribution is -2.37. The first-order valence-corrected chi connectivity index (χ1v) is 7.19. The zero-order valence-electron chi connectivity index (χ0n) is 12.5.